The molecule has 0 atom stereocenters. The van der Waals surface area contributed by atoms with Crippen molar-refractivity contribution < 1.29 is 9.53 Å². The number of benzene rings is 1. The lowest BCUT2D eigenvalue weighted by Crippen LogP contribution is -2.39. The van der Waals surface area contributed by atoms with E-state index >= 15 is 0 Å². The van der Waals surface area contributed by atoms with Crippen molar-refractivity contribution in [3.63, 3.8) is 0 Å². The number of nitrogen functional groups attached to an aromatic ring is 1. The summed E-state index contributed by atoms with van der Waals surface area (Å²) in [6.45, 7) is 8.12. The molecule has 1 aliphatic rings. The molecule has 0 aliphatic carbocycles. The smallest absolute Gasteiger partial charge is 0.260 e. The van der Waals surface area contributed by atoms with Crippen LogP contribution in [-0.2, 0) is 4.79 Å². The zero-order chi connectivity index (χ0) is 15.5. The lowest BCUT2D eigenvalue weighted by Gasteiger charge is -2.32. The molecular formula is C17H24N2O2. The van der Waals surface area contributed by atoms with Crippen LogP contribution < -0.4 is 10.5 Å². The number of nitrogens with two attached hydrogens (primary N) is 1. The lowest BCUT2D eigenvalue weighted by molar-refractivity contribution is -0.133. The summed E-state index contributed by atoms with van der Waals surface area (Å²) in [6, 6.07) is 7.13. The van der Waals surface area contributed by atoms with Gasteiger partial charge in [0.2, 0.25) is 0 Å². The number of ether oxygens (including phenoxy) is 1. The first-order valence-corrected chi connectivity index (χ1v) is 7.32. The maximum absolute atomic E-state index is 12.2. The average Bonchev–Trinajstić information content (AvgIpc) is 2.44. The fraction of sp³-hybridized carbons (Fsp3) is 0.471. The van der Waals surface area contributed by atoms with Gasteiger partial charge in [0.1, 0.15) is 5.75 Å². The Hall–Kier alpha value is -1.97. The maximum atomic E-state index is 12.2. The number of hydrogen-bond donors (Lipinski definition) is 1. The van der Waals surface area contributed by atoms with Gasteiger partial charge in [0.05, 0.1) is 0 Å². The third kappa shape index (κ3) is 4.25. The SMILES string of the molecule is CC(C)(C)C1=CCN(C(=O)COc2cccc(N)c2)CC1. The molecule has 1 heterocycles. The van der Waals surface area contributed by atoms with Gasteiger partial charge in [-0.1, -0.05) is 38.5 Å². The van der Waals surface area contributed by atoms with Crippen LogP contribution in [0.2, 0.25) is 0 Å². The highest BCUT2D eigenvalue weighted by atomic mass is 16.5. The fourth-order valence-electron chi connectivity index (χ4n) is 2.42. The molecule has 0 unspecified atom stereocenters. The van der Waals surface area contributed by atoms with Gasteiger partial charge in [-0.25, -0.2) is 0 Å². The summed E-state index contributed by atoms with van der Waals surface area (Å²) in [5.74, 6) is 0.646. The topological polar surface area (TPSA) is 55.6 Å². The largest absolute Gasteiger partial charge is 0.484 e. The molecular weight excluding hydrogens is 264 g/mol. The van der Waals surface area contributed by atoms with Crippen LogP contribution >= 0.6 is 0 Å². The van der Waals surface area contributed by atoms with Crippen LogP contribution in [0.5, 0.6) is 5.75 Å². The van der Waals surface area contributed by atoms with Gasteiger partial charge in [-0.2, -0.15) is 0 Å². The van der Waals surface area contributed by atoms with Crippen molar-refractivity contribution in [2.75, 3.05) is 25.4 Å². The highest BCUT2D eigenvalue weighted by Gasteiger charge is 2.23. The maximum Gasteiger partial charge on any atom is 0.260 e. The van der Waals surface area contributed by atoms with Crippen molar-refractivity contribution in [1.29, 1.82) is 0 Å². The zero-order valence-corrected chi connectivity index (χ0v) is 13.1. The molecule has 0 spiro atoms. The Labute approximate surface area is 126 Å². The fourth-order valence-corrected chi connectivity index (χ4v) is 2.42. The minimum absolute atomic E-state index is 0.0154. The summed E-state index contributed by atoms with van der Waals surface area (Å²) in [4.78, 5) is 14.0. The van der Waals surface area contributed by atoms with Gasteiger partial charge in [-0.05, 0) is 24.0 Å². The molecule has 1 aromatic rings. The number of carbonyl (C=O) groups is 1. The van der Waals surface area contributed by atoms with Crippen LogP contribution in [0.25, 0.3) is 0 Å². The highest BCUT2D eigenvalue weighted by Crippen LogP contribution is 2.30. The number of anilines is 1. The Morgan fingerprint density at radius 3 is 2.71 bits per heavy atom. The van der Waals surface area contributed by atoms with Gasteiger partial charge in [0, 0.05) is 24.8 Å². The minimum atomic E-state index is 0.0154. The molecule has 0 saturated heterocycles. The van der Waals surface area contributed by atoms with E-state index in [2.05, 4.69) is 26.8 Å². The third-order valence-corrected chi connectivity index (χ3v) is 3.75. The second kappa shape index (κ2) is 6.20. The number of nitrogens with zero attached hydrogens (tertiary/aromatic N) is 1. The second-order valence-electron chi connectivity index (χ2n) is 6.43. The molecule has 0 fully saturated rings. The van der Waals surface area contributed by atoms with E-state index in [4.69, 9.17) is 10.5 Å². The molecule has 0 bridgehead atoms. The summed E-state index contributed by atoms with van der Waals surface area (Å²) in [7, 11) is 0. The van der Waals surface area contributed by atoms with E-state index < -0.39 is 0 Å². The first-order chi connectivity index (χ1) is 9.86. The van der Waals surface area contributed by atoms with E-state index in [1.165, 1.54) is 5.57 Å². The number of amides is 1. The zero-order valence-electron chi connectivity index (χ0n) is 13.1. The van der Waals surface area contributed by atoms with Crippen molar-refractivity contribution in [3.8, 4) is 5.75 Å². The van der Waals surface area contributed by atoms with E-state index in [1.807, 2.05) is 11.0 Å². The van der Waals surface area contributed by atoms with Crippen LogP contribution in [0.15, 0.2) is 35.9 Å². The molecule has 2 N–H and O–H groups in total. The molecule has 0 radical (unpaired) electrons. The van der Waals surface area contributed by atoms with Crippen LogP contribution in [0.4, 0.5) is 5.69 Å². The van der Waals surface area contributed by atoms with Crippen LogP contribution in [0.1, 0.15) is 27.2 Å². The average molecular weight is 288 g/mol. The molecule has 0 aromatic heterocycles. The second-order valence-corrected chi connectivity index (χ2v) is 6.43. The molecule has 114 valence electrons. The van der Waals surface area contributed by atoms with Crippen LogP contribution in [0.3, 0.4) is 0 Å². The Morgan fingerprint density at radius 2 is 2.14 bits per heavy atom. The van der Waals surface area contributed by atoms with Gasteiger partial charge < -0.3 is 15.4 Å². The van der Waals surface area contributed by atoms with Gasteiger partial charge in [0.15, 0.2) is 6.61 Å². The van der Waals surface area contributed by atoms with E-state index in [0.717, 1.165) is 13.0 Å². The molecule has 1 aliphatic heterocycles. The molecule has 4 nitrogen and oxygen atoms in total. The first-order valence-electron chi connectivity index (χ1n) is 7.32. The van der Waals surface area contributed by atoms with Gasteiger partial charge in [0.25, 0.3) is 5.91 Å². The Balaban J connectivity index is 1.87. The number of hydrogen-bond acceptors (Lipinski definition) is 3. The van der Waals surface area contributed by atoms with Crippen LogP contribution in [0, 0.1) is 5.41 Å². The monoisotopic (exact) mass is 288 g/mol. The molecule has 0 saturated carbocycles. The van der Waals surface area contributed by atoms with Crippen molar-refractivity contribution in [2.24, 2.45) is 5.41 Å². The summed E-state index contributed by atoms with van der Waals surface area (Å²) in [6.07, 6.45) is 3.11. The highest BCUT2D eigenvalue weighted by molar-refractivity contribution is 5.78. The predicted octanol–water partition coefficient (Wildman–Crippen LogP) is 2.85. The van der Waals surface area contributed by atoms with Crippen molar-refractivity contribution in [3.05, 3.63) is 35.9 Å². The van der Waals surface area contributed by atoms with Gasteiger partial charge in [-0.3, -0.25) is 4.79 Å². The lowest BCUT2D eigenvalue weighted by atomic mass is 9.83. The third-order valence-electron chi connectivity index (χ3n) is 3.75. The van der Waals surface area contributed by atoms with Gasteiger partial charge >= 0.3 is 0 Å². The first kappa shape index (κ1) is 15.4. The predicted molar refractivity (Wildman–Crippen MR) is 85.1 cm³/mol. The van der Waals surface area contributed by atoms with Crippen molar-refractivity contribution in [1.82, 2.24) is 4.90 Å². The quantitative estimate of drug-likeness (QED) is 0.687. The summed E-state index contributed by atoms with van der Waals surface area (Å²) < 4.78 is 5.50. The Bertz CT molecular complexity index is 544. The number of carbonyl (C=O) groups excluding carboxylic acids is 1. The van der Waals surface area contributed by atoms with E-state index in [9.17, 15) is 4.79 Å². The molecule has 1 aromatic carbocycles. The Kier molecular flexibility index (Phi) is 4.56. The van der Waals surface area contributed by atoms with E-state index in [1.54, 1.807) is 18.2 Å². The van der Waals surface area contributed by atoms with Gasteiger partial charge in [-0.15, -0.1) is 0 Å². The molecule has 4 heteroatoms. The standard InChI is InChI=1S/C17H24N2O2/c1-17(2,3)13-7-9-19(10-8-13)16(20)12-21-15-6-4-5-14(18)11-15/h4-7,11H,8-10,12,18H2,1-3H3. The normalized spacial score (nSPS) is 15.6. The van der Waals surface area contributed by atoms with Crippen LogP contribution in [-0.4, -0.2) is 30.5 Å². The Morgan fingerprint density at radius 1 is 1.38 bits per heavy atom. The summed E-state index contributed by atoms with van der Waals surface area (Å²) >= 11 is 0. The van der Waals surface area contributed by atoms with E-state index in [0.29, 0.717) is 18.0 Å². The summed E-state index contributed by atoms with van der Waals surface area (Å²) in [5, 5.41) is 0. The molecule has 1 amide bonds. The summed E-state index contributed by atoms with van der Waals surface area (Å²) in [5.41, 5.74) is 7.92. The molecule has 2 rings (SSSR count). The minimum Gasteiger partial charge on any atom is -0.484 e. The molecule has 21 heavy (non-hydrogen) atoms. The van der Waals surface area contributed by atoms with E-state index in [-0.39, 0.29) is 17.9 Å². The van der Waals surface area contributed by atoms with Crippen molar-refractivity contribution in [2.45, 2.75) is 27.2 Å². The number of rotatable bonds is 3. The van der Waals surface area contributed by atoms with Crippen molar-refractivity contribution >= 4 is 11.6 Å².